The lowest BCUT2D eigenvalue weighted by Gasteiger charge is -2.32. The third-order valence-electron chi connectivity index (χ3n) is 6.48. The molecule has 0 radical (unpaired) electrons. The maximum atomic E-state index is 13.6. The van der Waals surface area contributed by atoms with Gasteiger partial charge in [0, 0.05) is 17.6 Å². The fourth-order valence-electron chi connectivity index (χ4n) is 4.29. The van der Waals surface area contributed by atoms with Gasteiger partial charge in [0.25, 0.3) is 0 Å². The second kappa shape index (κ2) is 12.0. The van der Waals surface area contributed by atoms with Crippen LogP contribution in [-0.2, 0) is 26.2 Å². The van der Waals surface area contributed by atoms with Gasteiger partial charge in [-0.25, -0.2) is 8.42 Å². The number of nitrogens with zero attached hydrogens (tertiary/aromatic N) is 2. The molecule has 8 nitrogen and oxygen atoms in total. The molecule has 0 spiro atoms. The number of hydrogen-bond donors (Lipinski definition) is 1. The van der Waals surface area contributed by atoms with Gasteiger partial charge in [0.2, 0.25) is 21.8 Å². The smallest absolute Gasteiger partial charge is 0.244 e. The van der Waals surface area contributed by atoms with Crippen molar-refractivity contribution in [2.45, 2.75) is 58.2 Å². The standard InChI is InChI=1S/C26H34ClN3O5S/c1-18-12-13-22(15-24(18)27)30(36(4,33)34)17-25(31)29(16-20-8-7-11-23(14-20)35-3)19(2)26(32)28-21-9-5-6-10-21/h7-8,11-15,19,21H,5-6,9-10,16-17H2,1-4H3,(H,28,32). The molecule has 2 amide bonds. The van der Waals surface area contributed by atoms with E-state index in [1.807, 2.05) is 13.0 Å². The van der Waals surface area contributed by atoms with E-state index in [-0.39, 0.29) is 24.2 Å². The lowest BCUT2D eigenvalue weighted by molar-refractivity contribution is -0.139. The van der Waals surface area contributed by atoms with E-state index in [0.717, 1.165) is 47.4 Å². The van der Waals surface area contributed by atoms with Crippen molar-refractivity contribution in [2.75, 3.05) is 24.2 Å². The fourth-order valence-corrected chi connectivity index (χ4v) is 5.31. The number of ether oxygens (including phenoxy) is 1. The molecule has 196 valence electrons. The monoisotopic (exact) mass is 535 g/mol. The van der Waals surface area contributed by atoms with Crippen LogP contribution in [0, 0.1) is 6.92 Å². The molecule has 10 heteroatoms. The molecule has 0 aliphatic heterocycles. The van der Waals surface area contributed by atoms with E-state index in [4.69, 9.17) is 16.3 Å². The molecule has 1 atom stereocenters. The number of benzene rings is 2. The Morgan fingerprint density at radius 3 is 2.47 bits per heavy atom. The highest BCUT2D eigenvalue weighted by Crippen LogP contribution is 2.26. The molecule has 1 unspecified atom stereocenters. The van der Waals surface area contributed by atoms with Gasteiger partial charge in [-0.1, -0.05) is 42.6 Å². The number of hydrogen-bond acceptors (Lipinski definition) is 5. The minimum Gasteiger partial charge on any atom is -0.497 e. The van der Waals surface area contributed by atoms with Gasteiger partial charge in [-0.2, -0.15) is 0 Å². The molecule has 0 saturated heterocycles. The van der Waals surface area contributed by atoms with Crippen LogP contribution in [0.4, 0.5) is 5.69 Å². The summed E-state index contributed by atoms with van der Waals surface area (Å²) in [7, 11) is -2.27. The van der Waals surface area contributed by atoms with Crippen molar-refractivity contribution in [3.8, 4) is 5.75 Å². The van der Waals surface area contributed by atoms with Crippen LogP contribution in [0.3, 0.4) is 0 Å². The van der Waals surface area contributed by atoms with Crippen molar-refractivity contribution in [1.82, 2.24) is 10.2 Å². The summed E-state index contributed by atoms with van der Waals surface area (Å²) in [5, 5.41) is 3.44. The maximum absolute atomic E-state index is 13.6. The van der Waals surface area contributed by atoms with Crippen molar-refractivity contribution in [1.29, 1.82) is 0 Å². The molecule has 2 aromatic rings. The summed E-state index contributed by atoms with van der Waals surface area (Å²) in [5.41, 5.74) is 1.83. The highest BCUT2D eigenvalue weighted by atomic mass is 35.5. The number of halogens is 1. The summed E-state index contributed by atoms with van der Waals surface area (Å²) in [4.78, 5) is 28.2. The van der Waals surface area contributed by atoms with Crippen molar-refractivity contribution in [3.05, 3.63) is 58.6 Å². The number of carbonyl (C=O) groups excluding carboxylic acids is 2. The third kappa shape index (κ3) is 7.13. The van der Waals surface area contributed by atoms with Gasteiger partial charge >= 0.3 is 0 Å². The van der Waals surface area contributed by atoms with Crippen LogP contribution in [0.2, 0.25) is 5.02 Å². The predicted octanol–water partition coefficient (Wildman–Crippen LogP) is 3.90. The van der Waals surface area contributed by atoms with Gasteiger partial charge in [0.05, 0.1) is 19.1 Å². The molecule has 1 N–H and O–H groups in total. The van der Waals surface area contributed by atoms with E-state index >= 15 is 0 Å². The highest BCUT2D eigenvalue weighted by Gasteiger charge is 2.31. The van der Waals surface area contributed by atoms with E-state index in [1.54, 1.807) is 44.4 Å². The molecule has 0 aromatic heterocycles. The zero-order valence-electron chi connectivity index (χ0n) is 21.2. The van der Waals surface area contributed by atoms with Gasteiger partial charge in [-0.05, 0) is 62.1 Å². The van der Waals surface area contributed by atoms with Crippen molar-refractivity contribution in [2.24, 2.45) is 0 Å². The number of aryl methyl sites for hydroxylation is 1. The van der Waals surface area contributed by atoms with Gasteiger partial charge in [0.15, 0.2) is 0 Å². The summed E-state index contributed by atoms with van der Waals surface area (Å²) >= 11 is 6.23. The first-order valence-electron chi connectivity index (χ1n) is 12.0. The maximum Gasteiger partial charge on any atom is 0.244 e. The molecule has 1 aliphatic rings. The van der Waals surface area contributed by atoms with Crippen LogP contribution in [0.5, 0.6) is 5.75 Å². The summed E-state index contributed by atoms with van der Waals surface area (Å²) in [6, 6.07) is 11.3. The second-order valence-electron chi connectivity index (χ2n) is 9.24. The van der Waals surface area contributed by atoms with Crippen molar-refractivity contribution in [3.63, 3.8) is 0 Å². The zero-order valence-corrected chi connectivity index (χ0v) is 22.7. The molecule has 1 fully saturated rings. The number of nitrogens with one attached hydrogen (secondary N) is 1. The van der Waals surface area contributed by atoms with Gasteiger partial charge in [-0.3, -0.25) is 13.9 Å². The van der Waals surface area contributed by atoms with Crippen LogP contribution < -0.4 is 14.4 Å². The molecule has 0 bridgehead atoms. The van der Waals surface area contributed by atoms with Crippen LogP contribution >= 0.6 is 11.6 Å². The Labute approximate surface area is 218 Å². The molecule has 2 aromatic carbocycles. The van der Waals surface area contributed by atoms with Crippen molar-refractivity contribution < 1.29 is 22.7 Å². The molecule has 36 heavy (non-hydrogen) atoms. The van der Waals surface area contributed by atoms with E-state index < -0.39 is 28.5 Å². The number of amides is 2. The SMILES string of the molecule is COc1cccc(CN(C(=O)CN(c2ccc(C)c(Cl)c2)S(C)(=O)=O)C(C)C(=O)NC2CCCC2)c1. The van der Waals surface area contributed by atoms with Gasteiger partial charge < -0.3 is 15.0 Å². The molecule has 1 saturated carbocycles. The summed E-state index contributed by atoms with van der Waals surface area (Å²) in [6.07, 6.45) is 5.00. The number of carbonyl (C=O) groups is 2. The Balaban J connectivity index is 1.90. The van der Waals surface area contributed by atoms with Crippen molar-refractivity contribution >= 4 is 39.1 Å². The van der Waals surface area contributed by atoms with Crippen LogP contribution in [0.15, 0.2) is 42.5 Å². The average molecular weight is 536 g/mol. The minimum atomic E-state index is -3.82. The molecular formula is C26H34ClN3O5S. The zero-order chi connectivity index (χ0) is 26.5. The largest absolute Gasteiger partial charge is 0.497 e. The molecule has 3 rings (SSSR count). The minimum absolute atomic E-state index is 0.0935. The summed E-state index contributed by atoms with van der Waals surface area (Å²) in [6.45, 7) is 3.11. The first-order valence-corrected chi connectivity index (χ1v) is 14.2. The van der Waals surface area contributed by atoms with E-state index in [2.05, 4.69) is 5.32 Å². The van der Waals surface area contributed by atoms with Crippen LogP contribution in [0.1, 0.15) is 43.7 Å². The Hall–Kier alpha value is -2.78. The van der Waals surface area contributed by atoms with Gasteiger partial charge in [0.1, 0.15) is 18.3 Å². The number of methoxy groups -OCH3 is 1. The first kappa shape index (κ1) is 27.8. The lowest BCUT2D eigenvalue weighted by atomic mass is 10.1. The highest BCUT2D eigenvalue weighted by molar-refractivity contribution is 7.92. The lowest BCUT2D eigenvalue weighted by Crippen LogP contribution is -2.52. The van der Waals surface area contributed by atoms with E-state index in [0.29, 0.717) is 10.8 Å². The molecule has 1 aliphatic carbocycles. The van der Waals surface area contributed by atoms with E-state index in [9.17, 15) is 18.0 Å². The molecular weight excluding hydrogens is 502 g/mol. The Bertz CT molecular complexity index is 1200. The van der Waals surface area contributed by atoms with Crippen LogP contribution in [0.25, 0.3) is 0 Å². The topological polar surface area (TPSA) is 96.0 Å². The second-order valence-corrected chi connectivity index (χ2v) is 11.6. The van der Waals surface area contributed by atoms with Crippen LogP contribution in [-0.4, -0.2) is 57.1 Å². The Morgan fingerprint density at radius 2 is 1.86 bits per heavy atom. The van der Waals surface area contributed by atoms with Gasteiger partial charge in [-0.15, -0.1) is 0 Å². The normalized spacial score (nSPS) is 14.8. The predicted molar refractivity (Wildman–Crippen MR) is 142 cm³/mol. The average Bonchev–Trinajstić information content (AvgIpc) is 3.34. The first-order chi connectivity index (χ1) is 17.0. The fraction of sp³-hybridized carbons (Fsp3) is 0.462. The summed E-state index contributed by atoms with van der Waals surface area (Å²) < 4.78 is 31.7. The number of anilines is 1. The number of sulfonamides is 1. The summed E-state index contributed by atoms with van der Waals surface area (Å²) in [5.74, 6) is -0.147. The number of rotatable bonds is 10. The quantitative estimate of drug-likeness (QED) is 0.498. The third-order valence-corrected chi connectivity index (χ3v) is 8.03. The molecule has 0 heterocycles. The van der Waals surface area contributed by atoms with E-state index in [1.165, 1.54) is 11.0 Å². The Kier molecular flexibility index (Phi) is 9.24. The Morgan fingerprint density at radius 1 is 1.17 bits per heavy atom.